The molecule has 0 aliphatic heterocycles. The van der Waals surface area contributed by atoms with Gasteiger partial charge >= 0.3 is 6.09 Å². The van der Waals surface area contributed by atoms with Crippen LogP contribution in [0.4, 0.5) is 9.80 Å². The lowest BCUT2D eigenvalue weighted by molar-refractivity contribution is 0.0925. The van der Waals surface area contributed by atoms with Gasteiger partial charge in [0.1, 0.15) is 16.5 Å². The molecule has 1 aliphatic rings. The van der Waals surface area contributed by atoms with E-state index >= 15 is 0 Å². The van der Waals surface area contributed by atoms with E-state index in [1.807, 2.05) is 0 Å². The van der Waals surface area contributed by atoms with Crippen molar-refractivity contribution in [1.29, 1.82) is 0 Å². The van der Waals surface area contributed by atoms with Crippen LogP contribution in [-0.4, -0.2) is 38.7 Å². The van der Waals surface area contributed by atoms with Gasteiger partial charge in [0, 0.05) is 10.9 Å². The number of hydrogen-bond donors (Lipinski definition) is 2. The third kappa shape index (κ3) is 4.34. The molecule has 0 fully saturated rings. The minimum atomic E-state index is -0.815. The van der Waals surface area contributed by atoms with Gasteiger partial charge in [-0.3, -0.25) is 14.9 Å². The first-order valence-electron chi connectivity index (χ1n) is 9.14. The SMILES string of the molecule is CCOC(=O)NC(=O)c1c(NC(=O)c2ccc(OC)cc2OC)sc2c1CCC2. The number of aryl methyl sites for hydroxylation is 1. The number of amides is 3. The third-order valence-corrected chi connectivity index (χ3v) is 5.73. The molecule has 2 N–H and O–H groups in total. The van der Waals surface area contributed by atoms with Crippen LogP contribution in [0, 0.1) is 0 Å². The van der Waals surface area contributed by atoms with Gasteiger partial charge in [-0.15, -0.1) is 11.3 Å². The highest BCUT2D eigenvalue weighted by molar-refractivity contribution is 7.17. The molecule has 0 saturated carbocycles. The summed E-state index contributed by atoms with van der Waals surface area (Å²) in [5, 5.41) is 5.42. The molecule has 3 rings (SSSR count). The average molecular weight is 418 g/mol. The predicted molar refractivity (Wildman–Crippen MR) is 108 cm³/mol. The van der Waals surface area contributed by atoms with E-state index < -0.39 is 17.9 Å². The third-order valence-electron chi connectivity index (χ3n) is 4.52. The number of nitrogens with one attached hydrogen (secondary N) is 2. The maximum Gasteiger partial charge on any atom is 0.414 e. The summed E-state index contributed by atoms with van der Waals surface area (Å²) in [7, 11) is 2.99. The van der Waals surface area contributed by atoms with Crippen LogP contribution >= 0.6 is 11.3 Å². The predicted octanol–water partition coefficient (Wildman–Crippen LogP) is 3.39. The van der Waals surface area contributed by atoms with E-state index in [-0.39, 0.29) is 6.61 Å². The molecule has 0 spiro atoms. The number of imide groups is 1. The molecule has 1 heterocycles. The number of fused-ring (bicyclic) bond motifs is 1. The lowest BCUT2D eigenvalue weighted by Gasteiger charge is -2.12. The Balaban J connectivity index is 1.89. The van der Waals surface area contributed by atoms with E-state index in [0.717, 1.165) is 29.7 Å². The van der Waals surface area contributed by atoms with Gasteiger partial charge in [0.25, 0.3) is 11.8 Å². The summed E-state index contributed by atoms with van der Waals surface area (Å²) in [6.45, 7) is 1.81. The zero-order valence-corrected chi connectivity index (χ0v) is 17.2. The van der Waals surface area contributed by atoms with Crippen LogP contribution in [0.3, 0.4) is 0 Å². The van der Waals surface area contributed by atoms with Gasteiger partial charge in [-0.2, -0.15) is 0 Å². The Morgan fingerprint density at radius 1 is 1.10 bits per heavy atom. The van der Waals surface area contributed by atoms with Gasteiger partial charge in [0.05, 0.1) is 32.0 Å². The molecule has 0 bridgehead atoms. The second-order valence-corrected chi connectivity index (χ2v) is 7.36. The Morgan fingerprint density at radius 3 is 2.59 bits per heavy atom. The molecule has 1 aliphatic carbocycles. The molecule has 29 heavy (non-hydrogen) atoms. The van der Waals surface area contributed by atoms with Crippen molar-refractivity contribution < 1.29 is 28.6 Å². The fraction of sp³-hybridized carbons (Fsp3) is 0.350. The number of anilines is 1. The normalized spacial score (nSPS) is 12.1. The van der Waals surface area contributed by atoms with Crippen molar-refractivity contribution in [3.63, 3.8) is 0 Å². The van der Waals surface area contributed by atoms with Gasteiger partial charge in [-0.25, -0.2) is 4.79 Å². The van der Waals surface area contributed by atoms with Crippen molar-refractivity contribution in [2.45, 2.75) is 26.2 Å². The summed E-state index contributed by atoms with van der Waals surface area (Å²) >= 11 is 1.35. The Morgan fingerprint density at radius 2 is 1.90 bits per heavy atom. The number of carbonyl (C=O) groups excluding carboxylic acids is 3. The molecule has 0 saturated heterocycles. The van der Waals surface area contributed by atoms with Crippen LogP contribution in [0.15, 0.2) is 18.2 Å². The number of carbonyl (C=O) groups is 3. The van der Waals surface area contributed by atoms with Gasteiger partial charge in [0.15, 0.2) is 0 Å². The standard InChI is InChI=1S/C20H22N2O6S/c1-4-28-20(25)22-18(24)16-13-6-5-7-15(13)29-19(16)21-17(23)12-9-8-11(26-2)10-14(12)27-3/h8-10H,4-7H2,1-3H3,(H,21,23)(H,22,24,25). The number of ether oxygens (including phenoxy) is 3. The number of methoxy groups -OCH3 is 2. The second-order valence-electron chi connectivity index (χ2n) is 6.26. The van der Waals surface area contributed by atoms with Crippen LogP contribution in [-0.2, 0) is 17.6 Å². The summed E-state index contributed by atoms with van der Waals surface area (Å²) in [5.74, 6) is -0.0964. The zero-order chi connectivity index (χ0) is 21.0. The molecule has 154 valence electrons. The zero-order valence-electron chi connectivity index (χ0n) is 16.4. The summed E-state index contributed by atoms with van der Waals surface area (Å²) in [5.41, 5.74) is 1.49. The Bertz CT molecular complexity index is 953. The van der Waals surface area contributed by atoms with Crippen LogP contribution in [0.2, 0.25) is 0 Å². The van der Waals surface area contributed by atoms with Crippen molar-refractivity contribution in [3.8, 4) is 11.5 Å². The van der Waals surface area contributed by atoms with Crippen LogP contribution in [0.25, 0.3) is 0 Å². The van der Waals surface area contributed by atoms with Crippen molar-refractivity contribution in [1.82, 2.24) is 5.32 Å². The van der Waals surface area contributed by atoms with Gasteiger partial charge in [0.2, 0.25) is 0 Å². The smallest absolute Gasteiger partial charge is 0.414 e. The van der Waals surface area contributed by atoms with Gasteiger partial charge in [-0.05, 0) is 43.9 Å². The lowest BCUT2D eigenvalue weighted by Crippen LogP contribution is -2.32. The number of rotatable bonds is 6. The molecule has 3 amide bonds. The summed E-state index contributed by atoms with van der Waals surface area (Å²) < 4.78 is 15.2. The van der Waals surface area contributed by atoms with E-state index in [1.165, 1.54) is 25.6 Å². The van der Waals surface area contributed by atoms with E-state index in [9.17, 15) is 14.4 Å². The topological polar surface area (TPSA) is 103 Å². The van der Waals surface area contributed by atoms with Gasteiger partial charge in [-0.1, -0.05) is 0 Å². The average Bonchev–Trinajstić information content (AvgIpc) is 3.27. The molecular formula is C20H22N2O6S. The first-order chi connectivity index (χ1) is 14.0. The van der Waals surface area contributed by atoms with Crippen molar-refractivity contribution in [2.24, 2.45) is 0 Å². The van der Waals surface area contributed by atoms with Gasteiger partial charge < -0.3 is 19.5 Å². The van der Waals surface area contributed by atoms with E-state index in [0.29, 0.717) is 27.6 Å². The minimum Gasteiger partial charge on any atom is -0.497 e. The summed E-state index contributed by atoms with van der Waals surface area (Å²) in [6.07, 6.45) is 1.67. The molecule has 0 radical (unpaired) electrons. The van der Waals surface area contributed by atoms with E-state index in [4.69, 9.17) is 14.2 Å². The molecule has 0 unspecified atom stereocenters. The Hall–Kier alpha value is -3.07. The second kappa shape index (κ2) is 8.95. The molecule has 1 aromatic carbocycles. The number of thiophene rings is 1. The van der Waals surface area contributed by atoms with Crippen LogP contribution in [0.1, 0.15) is 44.5 Å². The maximum atomic E-state index is 12.9. The fourth-order valence-electron chi connectivity index (χ4n) is 3.21. The minimum absolute atomic E-state index is 0.154. The van der Waals surface area contributed by atoms with E-state index in [1.54, 1.807) is 25.1 Å². The highest BCUT2D eigenvalue weighted by Gasteiger charge is 2.29. The summed E-state index contributed by atoms with van der Waals surface area (Å²) in [4.78, 5) is 38.3. The lowest BCUT2D eigenvalue weighted by atomic mass is 10.1. The highest BCUT2D eigenvalue weighted by atomic mass is 32.1. The quantitative estimate of drug-likeness (QED) is 0.745. The van der Waals surface area contributed by atoms with E-state index in [2.05, 4.69) is 10.6 Å². The van der Waals surface area contributed by atoms with Crippen LogP contribution < -0.4 is 20.1 Å². The first kappa shape index (κ1) is 20.7. The van der Waals surface area contributed by atoms with Crippen molar-refractivity contribution in [2.75, 3.05) is 26.1 Å². The molecule has 0 atom stereocenters. The Kier molecular flexibility index (Phi) is 6.38. The fourth-order valence-corrected chi connectivity index (χ4v) is 4.49. The molecule has 1 aromatic heterocycles. The number of benzene rings is 1. The van der Waals surface area contributed by atoms with Crippen molar-refractivity contribution in [3.05, 3.63) is 39.8 Å². The van der Waals surface area contributed by atoms with Crippen LogP contribution in [0.5, 0.6) is 11.5 Å². The monoisotopic (exact) mass is 418 g/mol. The summed E-state index contributed by atoms with van der Waals surface area (Å²) in [6, 6.07) is 4.85. The molecule has 9 heteroatoms. The molecular weight excluding hydrogens is 396 g/mol. The maximum absolute atomic E-state index is 12.9. The largest absolute Gasteiger partial charge is 0.497 e. The Labute approximate surface area is 172 Å². The number of hydrogen-bond acceptors (Lipinski definition) is 7. The van der Waals surface area contributed by atoms with Crippen molar-refractivity contribution >= 4 is 34.2 Å². The molecule has 8 nitrogen and oxygen atoms in total. The number of alkyl carbamates (subject to hydrolysis) is 1. The molecule has 2 aromatic rings. The highest BCUT2D eigenvalue weighted by Crippen LogP contribution is 2.39. The first-order valence-corrected chi connectivity index (χ1v) is 9.96.